The lowest BCUT2D eigenvalue weighted by Gasteiger charge is -2.23. The molecule has 4 rings (SSSR count). The Labute approximate surface area is 210 Å². The zero-order chi connectivity index (χ0) is 24.2. The van der Waals surface area contributed by atoms with E-state index < -0.39 is 0 Å². The van der Waals surface area contributed by atoms with Gasteiger partial charge in [-0.2, -0.15) is 0 Å². The number of para-hydroxylation sites is 1. The summed E-state index contributed by atoms with van der Waals surface area (Å²) < 4.78 is 1.81. The van der Waals surface area contributed by atoms with E-state index >= 15 is 0 Å². The third-order valence-electron chi connectivity index (χ3n) is 6.38. The fourth-order valence-electron chi connectivity index (χ4n) is 4.62. The largest absolute Gasteiger partial charge is 0.312 e. The zero-order valence-electron chi connectivity index (χ0n) is 20.6. The molecular formula is C26H34N4O2S2. The second-order valence-electron chi connectivity index (χ2n) is 9.11. The predicted molar refractivity (Wildman–Crippen MR) is 144 cm³/mol. The molecular weight excluding hydrogens is 464 g/mol. The Hall–Kier alpha value is -2.16. The van der Waals surface area contributed by atoms with Crippen LogP contribution in [0.25, 0.3) is 10.2 Å². The van der Waals surface area contributed by atoms with E-state index in [2.05, 4.69) is 4.90 Å². The van der Waals surface area contributed by atoms with Crippen molar-refractivity contribution in [3.05, 3.63) is 50.6 Å². The number of amides is 1. The van der Waals surface area contributed by atoms with Gasteiger partial charge in [0.15, 0.2) is 5.16 Å². The van der Waals surface area contributed by atoms with Gasteiger partial charge in [0.25, 0.3) is 5.56 Å². The Morgan fingerprint density at radius 2 is 1.97 bits per heavy atom. The number of anilines is 1. The summed E-state index contributed by atoms with van der Waals surface area (Å²) in [5.74, 6) is 0.278. The van der Waals surface area contributed by atoms with Gasteiger partial charge in [0.1, 0.15) is 4.83 Å². The van der Waals surface area contributed by atoms with Crippen molar-refractivity contribution in [1.29, 1.82) is 0 Å². The molecule has 0 fully saturated rings. The summed E-state index contributed by atoms with van der Waals surface area (Å²) in [6.45, 7) is 6.12. The van der Waals surface area contributed by atoms with Crippen LogP contribution in [-0.4, -0.2) is 53.3 Å². The first-order valence-electron chi connectivity index (χ1n) is 12.1. The number of carbonyl (C=O) groups is 1. The first-order valence-corrected chi connectivity index (χ1v) is 13.9. The maximum Gasteiger partial charge on any atom is 0.263 e. The van der Waals surface area contributed by atoms with Gasteiger partial charge in [-0.3, -0.25) is 14.2 Å². The average Bonchev–Trinajstić information content (AvgIpc) is 3.19. The monoisotopic (exact) mass is 498 g/mol. The molecule has 0 radical (unpaired) electrons. The number of aryl methyl sites for hydroxylation is 3. The summed E-state index contributed by atoms with van der Waals surface area (Å²) in [6.07, 6.45) is 5.18. The molecule has 6 nitrogen and oxygen atoms in total. The Morgan fingerprint density at radius 1 is 1.21 bits per heavy atom. The minimum atomic E-state index is 0.0291. The summed E-state index contributed by atoms with van der Waals surface area (Å²) in [4.78, 5) is 37.9. The molecule has 2 aromatic heterocycles. The molecule has 0 bridgehead atoms. The number of aromatic nitrogens is 2. The fraction of sp³-hybridized carbons (Fsp3) is 0.500. The van der Waals surface area contributed by atoms with Gasteiger partial charge in [-0.1, -0.05) is 30.0 Å². The van der Waals surface area contributed by atoms with Crippen LogP contribution in [0.4, 0.5) is 5.69 Å². The van der Waals surface area contributed by atoms with Crippen LogP contribution < -0.4 is 10.5 Å². The van der Waals surface area contributed by atoms with Gasteiger partial charge in [-0.05, 0) is 83.8 Å². The number of benzene rings is 1. The highest BCUT2D eigenvalue weighted by atomic mass is 32.2. The lowest BCUT2D eigenvalue weighted by atomic mass is 9.97. The molecule has 3 aromatic rings. The van der Waals surface area contributed by atoms with Gasteiger partial charge >= 0.3 is 0 Å². The van der Waals surface area contributed by atoms with Crippen LogP contribution in [0, 0.1) is 6.92 Å². The van der Waals surface area contributed by atoms with E-state index in [4.69, 9.17) is 4.98 Å². The number of fused-ring (bicyclic) bond motifs is 3. The Bertz CT molecular complexity index is 1230. The lowest BCUT2D eigenvalue weighted by Crippen LogP contribution is -2.33. The maximum atomic E-state index is 13.7. The highest BCUT2D eigenvalue weighted by Crippen LogP contribution is 2.35. The van der Waals surface area contributed by atoms with Gasteiger partial charge in [0.2, 0.25) is 5.91 Å². The molecule has 0 spiro atoms. The number of nitrogens with zero attached hydrogens (tertiary/aromatic N) is 4. The fourth-order valence-corrected chi connectivity index (χ4v) is 6.83. The van der Waals surface area contributed by atoms with Crippen molar-refractivity contribution in [1.82, 2.24) is 14.5 Å². The van der Waals surface area contributed by atoms with Crippen LogP contribution in [0.15, 0.2) is 34.2 Å². The SMILES string of the molecule is CCN(C(=O)CSc1nc2sc3c(c2c(=O)n1CCCN(C)C)CCCC3)c1ccccc1C. The molecule has 2 heterocycles. The summed E-state index contributed by atoms with van der Waals surface area (Å²) in [5, 5.41) is 1.47. The van der Waals surface area contributed by atoms with E-state index in [1.807, 2.05) is 61.7 Å². The van der Waals surface area contributed by atoms with Crippen LogP contribution in [0.2, 0.25) is 0 Å². The molecule has 8 heteroatoms. The number of hydrogen-bond donors (Lipinski definition) is 0. The van der Waals surface area contributed by atoms with Crippen LogP contribution >= 0.6 is 23.1 Å². The van der Waals surface area contributed by atoms with Gasteiger partial charge < -0.3 is 9.80 Å². The first kappa shape index (κ1) is 24.9. The van der Waals surface area contributed by atoms with Crippen molar-refractivity contribution >= 4 is 44.9 Å². The third kappa shape index (κ3) is 5.24. The van der Waals surface area contributed by atoms with Crippen LogP contribution in [0.3, 0.4) is 0 Å². The second kappa shape index (κ2) is 11.1. The van der Waals surface area contributed by atoms with Crippen molar-refractivity contribution in [2.75, 3.05) is 37.8 Å². The summed E-state index contributed by atoms with van der Waals surface area (Å²) in [7, 11) is 4.08. The summed E-state index contributed by atoms with van der Waals surface area (Å²) in [6, 6.07) is 7.95. The van der Waals surface area contributed by atoms with Crippen molar-refractivity contribution in [3.8, 4) is 0 Å². The molecule has 0 N–H and O–H groups in total. The van der Waals surface area contributed by atoms with Gasteiger partial charge in [0.05, 0.1) is 11.1 Å². The number of carbonyl (C=O) groups excluding carboxylic acids is 1. The molecule has 1 amide bonds. The van der Waals surface area contributed by atoms with Gasteiger partial charge in [0, 0.05) is 23.7 Å². The summed E-state index contributed by atoms with van der Waals surface area (Å²) >= 11 is 3.05. The minimum absolute atomic E-state index is 0.0291. The van der Waals surface area contributed by atoms with Gasteiger partial charge in [-0.15, -0.1) is 11.3 Å². The van der Waals surface area contributed by atoms with Crippen molar-refractivity contribution in [2.45, 2.75) is 57.7 Å². The normalized spacial score (nSPS) is 13.4. The van der Waals surface area contributed by atoms with E-state index in [-0.39, 0.29) is 17.2 Å². The maximum absolute atomic E-state index is 13.7. The Morgan fingerprint density at radius 3 is 2.71 bits per heavy atom. The molecule has 34 heavy (non-hydrogen) atoms. The van der Waals surface area contributed by atoms with Crippen molar-refractivity contribution in [3.63, 3.8) is 0 Å². The summed E-state index contributed by atoms with van der Waals surface area (Å²) in [5.41, 5.74) is 3.29. The van der Waals surface area contributed by atoms with Gasteiger partial charge in [-0.25, -0.2) is 4.98 Å². The quantitative estimate of drug-likeness (QED) is 0.315. The van der Waals surface area contributed by atoms with Crippen LogP contribution in [-0.2, 0) is 24.2 Å². The topological polar surface area (TPSA) is 58.4 Å². The second-order valence-corrected chi connectivity index (χ2v) is 11.1. The Kier molecular flexibility index (Phi) is 8.11. The molecule has 1 aliphatic rings. The third-order valence-corrected chi connectivity index (χ3v) is 8.52. The van der Waals surface area contributed by atoms with E-state index in [1.165, 1.54) is 28.6 Å². The molecule has 1 aliphatic carbocycles. The number of thiophene rings is 1. The lowest BCUT2D eigenvalue weighted by molar-refractivity contribution is -0.116. The van der Waals surface area contributed by atoms with Crippen molar-refractivity contribution < 1.29 is 4.79 Å². The average molecular weight is 499 g/mol. The van der Waals surface area contributed by atoms with E-state index in [0.717, 1.165) is 53.7 Å². The number of rotatable bonds is 9. The molecule has 0 atom stereocenters. The molecule has 0 aliphatic heterocycles. The first-order chi connectivity index (χ1) is 16.4. The molecule has 1 aromatic carbocycles. The van der Waals surface area contributed by atoms with Crippen molar-refractivity contribution in [2.24, 2.45) is 0 Å². The van der Waals surface area contributed by atoms with Crippen LogP contribution in [0.5, 0.6) is 0 Å². The number of hydrogen-bond acceptors (Lipinski definition) is 6. The zero-order valence-corrected chi connectivity index (χ0v) is 22.2. The van der Waals surface area contributed by atoms with E-state index in [0.29, 0.717) is 18.2 Å². The van der Waals surface area contributed by atoms with Crippen LogP contribution in [0.1, 0.15) is 42.2 Å². The Balaban J connectivity index is 1.64. The van der Waals surface area contributed by atoms with E-state index in [9.17, 15) is 9.59 Å². The molecule has 182 valence electrons. The minimum Gasteiger partial charge on any atom is -0.312 e. The highest BCUT2D eigenvalue weighted by Gasteiger charge is 2.23. The molecule has 0 unspecified atom stereocenters. The molecule has 0 saturated heterocycles. The highest BCUT2D eigenvalue weighted by molar-refractivity contribution is 7.99. The number of thioether (sulfide) groups is 1. The molecule has 0 saturated carbocycles. The smallest absolute Gasteiger partial charge is 0.263 e. The predicted octanol–water partition coefficient (Wildman–Crippen LogP) is 4.74. The van der Waals surface area contributed by atoms with E-state index in [1.54, 1.807) is 11.3 Å². The standard InChI is InChI=1S/C26H34N4O2S2/c1-5-29(20-13-8-6-11-18(20)2)22(31)17-33-26-27-24-23(19-12-7-9-14-21(19)34-24)25(32)30(26)16-10-15-28(3)4/h6,8,11,13H,5,7,9-10,12,14-17H2,1-4H3.